The van der Waals surface area contributed by atoms with Gasteiger partial charge < -0.3 is 0 Å². The first-order chi connectivity index (χ1) is 11.6. The molecule has 0 aliphatic heterocycles. The van der Waals surface area contributed by atoms with Crippen LogP contribution in [0.25, 0.3) is 0 Å². The monoisotopic (exact) mass is 326 g/mol. The van der Waals surface area contributed by atoms with E-state index in [0.29, 0.717) is 10.8 Å². The molecule has 5 fully saturated rings. The summed E-state index contributed by atoms with van der Waals surface area (Å²) in [5.41, 5.74) is 3.09. The maximum atomic E-state index is 2.74. The van der Waals surface area contributed by atoms with Crippen LogP contribution in [-0.4, -0.2) is 0 Å². The van der Waals surface area contributed by atoms with Crippen molar-refractivity contribution in [3.05, 3.63) is 11.6 Å². The molecule has 7 unspecified atom stereocenters. The van der Waals surface area contributed by atoms with Crippen LogP contribution >= 0.6 is 0 Å². The minimum absolute atomic E-state index is 0.574. The van der Waals surface area contributed by atoms with Gasteiger partial charge in [0.2, 0.25) is 0 Å². The van der Waals surface area contributed by atoms with E-state index in [9.17, 15) is 0 Å². The molecule has 7 atom stereocenters. The Hall–Kier alpha value is -0.260. The third-order valence-electron chi connectivity index (χ3n) is 10.2. The lowest BCUT2D eigenvalue weighted by Gasteiger charge is -2.61. The van der Waals surface area contributed by atoms with Crippen LogP contribution in [0.5, 0.6) is 0 Å². The van der Waals surface area contributed by atoms with E-state index in [-0.39, 0.29) is 0 Å². The van der Waals surface area contributed by atoms with Crippen molar-refractivity contribution in [3.63, 3.8) is 0 Å². The average Bonchev–Trinajstić information content (AvgIpc) is 3.36. The van der Waals surface area contributed by atoms with E-state index in [2.05, 4.69) is 26.8 Å². The number of allylic oxidation sites excluding steroid dienone is 2. The molecule has 0 aromatic carbocycles. The third-order valence-corrected chi connectivity index (χ3v) is 10.2. The molecule has 0 nitrogen and oxygen atoms in total. The van der Waals surface area contributed by atoms with Crippen molar-refractivity contribution in [2.24, 2.45) is 46.3 Å². The Morgan fingerprint density at radius 1 is 0.833 bits per heavy atom. The molecule has 24 heavy (non-hydrogen) atoms. The van der Waals surface area contributed by atoms with Gasteiger partial charge in [0.05, 0.1) is 0 Å². The van der Waals surface area contributed by atoms with Crippen molar-refractivity contribution < 1.29 is 0 Å². The van der Waals surface area contributed by atoms with Crippen molar-refractivity contribution in [3.8, 4) is 0 Å². The molecule has 0 aromatic rings. The molecular weight excluding hydrogens is 288 g/mol. The molecule has 5 aliphatic carbocycles. The highest BCUT2D eigenvalue weighted by molar-refractivity contribution is 5.23. The molecule has 0 radical (unpaired) electrons. The smallest absolute Gasteiger partial charge is 0.00853 e. The zero-order chi connectivity index (χ0) is 16.5. The minimum atomic E-state index is 0.574. The second-order valence-corrected chi connectivity index (χ2v) is 10.8. The van der Waals surface area contributed by atoms with Gasteiger partial charge in [-0.3, -0.25) is 0 Å². The van der Waals surface area contributed by atoms with Crippen molar-refractivity contribution >= 4 is 0 Å². The van der Waals surface area contributed by atoms with Crippen LogP contribution in [0, 0.1) is 46.3 Å². The second kappa shape index (κ2) is 5.37. The fourth-order valence-electron chi connectivity index (χ4n) is 8.61. The van der Waals surface area contributed by atoms with Gasteiger partial charge in [-0.15, -0.1) is 0 Å². The van der Waals surface area contributed by atoms with E-state index in [4.69, 9.17) is 0 Å². The Morgan fingerprint density at radius 3 is 2.42 bits per heavy atom. The molecule has 0 amide bonds. The summed E-state index contributed by atoms with van der Waals surface area (Å²) in [7, 11) is 0. The fourth-order valence-corrected chi connectivity index (χ4v) is 8.61. The molecule has 134 valence electrons. The first kappa shape index (κ1) is 16.0. The van der Waals surface area contributed by atoms with Gasteiger partial charge in [-0.1, -0.05) is 25.5 Å². The zero-order valence-corrected chi connectivity index (χ0v) is 16.3. The van der Waals surface area contributed by atoms with Crippen molar-refractivity contribution in [2.45, 2.75) is 91.4 Å². The molecule has 0 N–H and O–H groups in total. The molecular formula is C24H38. The standard InChI is InChI=1S/C24H38/c1-4-18-8-10-21-20-9-7-19-15-17(16-5-6-16)11-13-24(19,3)22(20)12-14-23(18,21)2/h4,16-17,19-22H,5-15H2,1-3H3/b18-4-. The van der Waals surface area contributed by atoms with Crippen LogP contribution in [0.3, 0.4) is 0 Å². The minimum Gasteiger partial charge on any atom is -0.0879 e. The lowest BCUT2D eigenvalue weighted by atomic mass is 9.44. The zero-order valence-electron chi connectivity index (χ0n) is 16.3. The van der Waals surface area contributed by atoms with Gasteiger partial charge in [0.25, 0.3) is 0 Å². The SMILES string of the molecule is C/C=C1/CCC2C3CCC4CC(C5CC5)CCC4(C)C3CCC12C. The molecule has 5 rings (SSSR count). The lowest BCUT2D eigenvalue weighted by molar-refractivity contribution is -0.107. The number of fused-ring (bicyclic) bond motifs is 5. The molecule has 0 heteroatoms. The summed E-state index contributed by atoms with van der Waals surface area (Å²) in [6.07, 6.45) is 19.4. The van der Waals surface area contributed by atoms with Crippen molar-refractivity contribution in [1.29, 1.82) is 0 Å². The second-order valence-electron chi connectivity index (χ2n) is 10.8. The number of hydrogen-bond donors (Lipinski definition) is 0. The maximum absolute atomic E-state index is 2.74. The summed E-state index contributed by atoms with van der Waals surface area (Å²) < 4.78 is 0. The maximum Gasteiger partial charge on any atom is -0.00853 e. The Kier molecular flexibility index (Phi) is 3.57. The summed E-state index contributed by atoms with van der Waals surface area (Å²) >= 11 is 0. The van der Waals surface area contributed by atoms with Crippen molar-refractivity contribution in [1.82, 2.24) is 0 Å². The topological polar surface area (TPSA) is 0 Å². The normalized spacial score (nSPS) is 55.8. The lowest BCUT2D eigenvalue weighted by Crippen LogP contribution is -2.52. The van der Waals surface area contributed by atoms with Gasteiger partial charge in [-0.05, 0) is 124 Å². The molecule has 0 spiro atoms. The highest BCUT2D eigenvalue weighted by atomic mass is 14.6. The summed E-state index contributed by atoms with van der Waals surface area (Å²) in [6.45, 7) is 7.67. The summed E-state index contributed by atoms with van der Waals surface area (Å²) in [6, 6.07) is 0. The van der Waals surface area contributed by atoms with Crippen LogP contribution < -0.4 is 0 Å². The predicted octanol–water partition coefficient (Wildman–Crippen LogP) is 7.00. The quantitative estimate of drug-likeness (QED) is 0.455. The molecule has 5 aliphatic rings. The largest absolute Gasteiger partial charge is 0.0879 e. The Labute approximate surface area is 149 Å². The first-order valence-corrected chi connectivity index (χ1v) is 11.2. The average molecular weight is 327 g/mol. The first-order valence-electron chi connectivity index (χ1n) is 11.2. The van der Waals surface area contributed by atoms with Gasteiger partial charge in [-0.25, -0.2) is 0 Å². The Balaban J connectivity index is 1.40. The van der Waals surface area contributed by atoms with Gasteiger partial charge >= 0.3 is 0 Å². The van der Waals surface area contributed by atoms with Crippen molar-refractivity contribution in [2.75, 3.05) is 0 Å². The highest BCUT2D eigenvalue weighted by Crippen LogP contribution is 2.68. The fraction of sp³-hybridized carbons (Fsp3) is 0.917. The summed E-state index contributed by atoms with van der Waals surface area (Å²) in [5.74, 6) is 6.47. The molecule has 0 saturated heterocycles. The van der Waals surface area contributed by atoms with E-state index in [0.717, 1.165) is 35.5 Å². The van der Waals surface area contributed by atoms with Gasteiger partial charge in [0, 0.05) is 0 Å². The number of rotatable bonds is 1. The van der Waals surface area contributed by atoms with E-state index in [1.807, 2.05) is 5.57 Å². The number of hydrogen-bond acceptors (Lipinski definition) is 0. The molecule has 0 aromatic heterocycles. The molecule has 0 heterocycles. The Bertz CT molecular complexity index is 540. The summed E-state index contributed by atoms with van der Waals surface area (Å²) in [4.78, 5) is 0. The highest BCUT2D eigenvalue weighted by Gasteiger charge is 2.59. The van der Waals surface area contributed by atoms with Crippen LogP contribution in [0.4, 0.5) is 0 Å². The van der Waals surface area contributed by atoms with E-state index in [1.54, 1.807) is 44.9 Å². The van der Waals surface area contributed by atoms with E-state index in [1.165, 1.54) is 25.7 Å². The molecule has 0 bridgehead atoms. The van der Waals surface area contributed by atoms with Gasteiger partial charge in [-0.2, -0.15) is 0 Å². The predicted molar refractivity (Wildman–Crippen MR) is 102 cm³/mol. The van der Waals surface area contributed by atoms with Crippen LogP contribution in [0.15, 0.2) is 11.6 Å². The summed E-state index contributed by atoms with van der Waals surface area (Å²) in [5, 5.41) is 0. The van der Waals surface area contributed by atoms with Gasteiger partial charge in [0.15, 0.2) is 0 Å². The Morgan fingerprint density at radius 2 is 1.67 bits per heavy atom. The third kappa shape index (κ3) is 2.10. The van der Waals surface area contributed by atoms with E-state index < -0.39 is 0 Å². The van der Waals surface area contributed by atoms with Crippen LogP contribution in [0.2, 0.25) is 0 Å². The van der Waals surface area contributed by atoms with Gasteiger partial charge in [0.1, 0.15) is 0 Å². The van der Waals surface area contributed by atoms with Crippen LogP contribution in [-0.2, 0) is 0 Å². The van der Waals surface area contributed by atoms with Crippen LogP contribution in [0.1, 0.15) is 91.4 Å². The van der Waals surface area contributed by atoms with E-state index >= 15 is 0 Å². The molecule has 5 saturated carbocycles.